The SMILES string of the molecule is O=Cc1ccc2nc(CN3CCC(c4cccc(OCc5ccc(Cl)cn5)n4)CC3)[nH]c2c1. The van der Waals surface area contributed by atoms with Gasteiger partial charge in [-0.15, -0.1) is 0 Å². The number of nitrogens with zero attached hydrogens (tertiary/aromatic N) is 4. The molecule has 7 nitrogen and oxygen atoms in total. The Morgan fingerprint density at radius 2 is 2.00 bits per heavy atom. The van der Waals surface area contributed by atoms with Crippen molar-refractivity contribution in [2.24, 2.45) is 0 Å². The zero-order valence-electron chi connectivity index (χ0n) is 18.1. The van der Waals surface area contributed by atoms with Crippen LogP contribution in [0.3, 0.4) is 0 Å². The smallest absolute Gasteiger partial charge is 0.213 e. The topological polar surface area (TPSA) is 84.0 Å². The van der Waals surface area contributed by atoms with E-state index in [9.17, 15) is 4.79 Å². The Morgan fingerprint density at radius 1 is 1.12 bits per heavy atom. The van der Waals surface area contributed by atoms with Gasteiger partial charge in [0.2, 0.25) is 5.88 Å². The predicted molar refractivity (Wildman–Crippen MR) is 127 cm³/mol. The highest BCUT2D eigenvalue weighted by Crippen LogP contribution is 2.28. The fraction of sp³-hybridized carbons (Fsp3) is 0.280. The van der Waals surface area contributed by atoms with Crippen molar-refractivity contribution in [1.82, 2.24) is 24.8 Å². The van der Waals surface area contributed by atoms with Crippen LogP contribution in [0.2, 0.25) is 5.02 Å². The van der Waals surface area contributed by atoms with Gasteiger partial charge < -0.3 is 9.72 Å². The van der Waals surface area contributed by atoms with Crippen molar-refractivity contribution in [3.05, 3.63) is 82.5 Å². The molecule has 3 aromatic heterocycles. The molecule has 0 saturated carbocycles. The van der Waals surface area contributed by atoms with Gasteiger partial charge in [-0.3, -0.25) is 14.7 Å². The Morgan fingerprint density at radius 3 is 2.79 bits per heavy atom. The monoisotopic (exact) mass is 461 g/mol. The number of halogens is 1. The highest BCUT2D eigenvalue weighted by molar-refractivity contribution is 6.30. The molecule has 4 heterocycles. The van der Waals surface area contributed by atoms with Gasteiger partial charge in [-0.05, 0) is 62.3 Å². The highest BCUT2D eigenvalue weighted by Gasteiger charge is 2.22. The summed E-state index contributed by atoms with van der Waals surface area (Å²) in [4.78, 5) is 30.4. The first kappa shape index (κ1) is 21.6. The van der Waals surface area contributed by atoms with E-state index in [4.69, 9.17) is 21.3 Å². The van der Waals surface area contributed by atoms with E-state index in [0.29, 0.717) is 29.0 Å². The van der Waals surface area contributed by atoms with Gasteiger partial charge in [0.1, 0.15) is 18.7 Å². The van der Waals surface area contributed by atoms with Crippen molar-refractivity contribution in [3.63, 3.8) is 0 Å². The number of carbonyl (C=O) groups excluding carboxylic acids is 1. The number of ether oxygens (including phenoxy) is 1. The Labute approximate surface area is 196 Å². The molecule has 8 heteroatoms. The molecule has 5 rings (SSSR count). The quantitative estimate of drug-likeness (QED) is 0.399. The number of hydrogen-bond acceptors (Lipinski definition) is 6. The molecular formula is C25H24ClN5O2. The average molecular weight is 462 g/mol. The third kappa shape index (κ3) is 5.21. The second-order valence-electron chi connectivity index (χ2n) is 8.29. The second-order valence-corrected chi connectivity index (χ2v) is 8.72. The molecule has 1 aliphatic rings. The maximum atomic E-state index is 11.0. The lowest BCUT2D eigenvalue weighted by Crippen LogP contribution is -2.33. The molecule has 168 valence electrons. The first-order valence-electron chi connectivity index (χ1n) is 11.0. The summed E-state index contributed by atoms with van der Waals surface area (Å²) in [6, 6.07) is 15.1. The Hall–Kier alpha value is -3.29. The molecule has 4 aromatic rings. The van der Waals surface area contributed by atoms with Crippen LogP contribution in [0.5, 0.6) is 5.88 Å². The number of hydrogen-bond donors (Lipinski definition) is 1. The number of likely N-dealkylation sites (tertiary alicyclic amines) is 1. The minimum Gasteiger partial charge on any atom is -0.471 e. The number of aldehydes is 1. The van der Waals surface area contributed by atoms with Crippen LogP contribution in [0, 0.1) is 0 Å². The van der Waals surface area contributed by atoms with Crippen LogP contribution in [0.4, 0.5) is 0 Å². The molecule has 1 saturated heterocycles. The lowest BCUT2D eigenvalue weighted by molar-refractivity contribution is 0.112. The summed E-state index contributed by atoms with van der Waals surface area (Å²) in [6.07, 6.45) is 4.54. The highest BCUT2D eigenvalue weighted by atomic mass is 35.5. The van der Waals surface area contributed by atoms with Crippen molar-refractivity contribution in [1.29, 1.82) is 0 Å². The lowest BCUT2D eigenvalue weighted by atomic mass is 9.93. The Kier molecular flexibility index (Phi) is 6.32. The number of aromatic amines is 1. The zero-order chi connectivity index (χ0) is 22.6. The van der Waals surface area contributed by atoms with E-state index < -0.39 is 0 Å². The number of fused-ring (bicyclic) bond motifs is 1. The summed E-state index contributed by atoms with van der Waals surface area (Å²) in [5, 5.41) is 0.609. The van der Waals surface area contributed by atoms with Gasteiger partial charge in [0.15, 0.2) is 0 Å². The first-order valence-corrected chi connectivity index (χ1v) is 11.4. The third-order valence-corrected chi connectivity index (χ3v) is 6.20. The van der Waals surface area contributed by atoms with E-state index in [1.165, 1.54) is 0 Å². The number of rotatable bonds is 7. The second kappa shape index (κ2) is 9.68. The minimum atomic E-state index is 0.359. The molecule has 1 aliphatic heterocycles. The van der Waals surface area contributed by atoms with Gasteiger partial charge in [0, 0.05) is 29.4 Å². The van der Waals surface area contributed by atoms with Crippen LogP contribution in [0.1, 0.15) is 46.3 Å². The summed E-state index contributed by atoms with van der Waals surface area (Å²) in [7, 11) is 0. The fourth-order valence-corrected chi connectivity index (χ4v) is 4.32. The molecular weight excluding hydrogens is 438 g/mol. The van der Waals surface area contributed by atoms with Crippen LogP contribution in [-0.2, 0) is 13.2 Å². The minimum absolute atomic E-state index is 0.359. The number of aromatic nitrogens is 4. The normalized spacial score (nSPS) is 15.1. The van der Waals surface area contributed by atoms with Gasteiger partial charge >= 0.3 is 0 Å². The van der Waals surface area contributed by atoms with E-state index in [0.717, 1.165) is 67.0 Å². The number of imidazole rings is 1. The largest absolute Gasteiger partial charge is 0.471 e. The number of carbonyl (C=O) groups is 1. The molecule has 0 aliphatic carbocycles. The molecule has 1 aromatic carbocycles. The third-order valence-electron chi connectivity index (χ3n) is 5.97. The summed E-state index contributed by atoms with van der Waals surface area (Å²) in [5.74, 6) is 1.95. The standard InChI is InChI=1S/C25H24ClN5O2/c26-19-5-6-20(27-13-19)16-33-25-3-1-2-21(30-25)18-8-10-31(11-9-18)14-24-28-22-7-4-17(15-32)12-23(22)29-24/h1-7,12-13,15,18H,8-11,14,16H2,(H,28,29). The van der Waals surface area contributed by atoms with Gasteiger partial charge in [-0.2, -0.15) is 0 Å². The first-order chi connectivity index (χ1) is 16.2. The van der Waals surface area contributed by atoms with Crippen LogP contribution in [-0.4, -0.2) is 44.2 Å². The van der Waals surface area contributed by atoms with E-state index in [1.807, 2.05) is 30.3 Å². The zero-order valence-corrected chi connectivity index (χ0v) is 18.8. The van der Waals surface area contributed by atoms with Gasteiger partial charge in [0.05, 0.1) is 28.3 Å². The summed E-state index contributed by atoms with van der Waals surface area (Å²) < 4.78 is 5.85. The number of pyridine rings is 2. The van der Waals surface area contributed by atoms with E-state index in [-0.39, 0.29) is 0 Å². The summed E-state index contributed by atoms with van der Waals surface area (Å²) >= 11 is 5.88. The number of benzene rings is 1. The fourth-order valence-electron chi connectivity index (χ4n) is 4.21. The maximum Gasteiger partial charge on any atom is 0.213 e. The number of piperidine rings is 1. The van der Waals surface area contributed by atoms with Gasteiger partial charge in [-0.25, -0.2) is 9.97 Å². The van der Waals surface area contributed by atoms with Crippen molar-refractivity contribution in [2.45, 2.75) is 31.9 Å². The number of H-pyrrole nitrogens is 1. The molecule has 1 N–H and O–H groups in total. The van der Waals surface area contributed by atoms with Crippen LogP contribution < -0.4 is 4.74 Å². The van der Waals surface area contributed by atoms with Crippen LogP contribution in [0.25, 0.3) is 11.0 Å². The molecule has 1 fully saturated rings. The molecule has 0 unspecified atom stereocenters. The van der Waals surface area contributed by atoms with E-state index in [1.54, 1.807) is 18.3 Å². The summed E-state index contributed by atoms with van der Waals surface area (Å²) in [6.45, 7) is 3.08. The van der Waals surface area contributed by atoms with Crippen LogP contribution >= 0.6 is 11.6 Å². The van der Waals surface area contributed by atoms with Crippen molar-refractivity contribution in [2.75, 3.05) is 13.1 Å². The van der Waals surface area contributed by atoms with Gasteiger partial charge in [0.25, 0.3) is 0 Å². The van der Waals surface area contributed by atoms with E-state index in [2.05, 4.69) is 25.9 Å². The molecule has 0 spiro atoms. The lowest BCUT2D eigenvalue weighted by Gasteiger charge is -2.31. The van der Waals surface area contributed by atoms with Crippen molar-refractivity contribution in [3.8, 4) is 5.88 Å². The van der Waals surface area contributed by atoms with Gasteiger partial charge in [-0.1, -0.05) is 17.7 Å². The summed E-state index contributed by atoms with van der Waals surface area (Å²) in [5.41, 5.74) is 4.33. The van der Waals surface area contributed by atoms with Crippen molar-refractivity contribution < 1.29 is 9.53 Å². The molecule has 0 amide bonds. The molecule has 0 atom stereocenters. The average Bonchev–Trinajstić information content (AvgIpc) is 3.25. The molecule has 33 heavy (non-hydrogen) atoms. The van der Waals surface area contributed by atoms with Crippen LogP contribution in [0.15, 0.2) is 54.7 Å². The molecule has 0 bridgehead atoms. The predicted octanol–water partition coefficient (Wildman–Crippen LogP) is 4.78. The van der Waals surface area contributed by atoms with Crippen molar-refractivity contribution >= 4 is 28.9 Å². The Bertz CT molecular complexity index is 1250. The Balaban J connectivity index is 1.16. The molecule has 0 radical (unpaired) electrons. The maximum absolute atomic E-state index is 11.0. The van der Waals surface area contributed by atoms with E-state index >= 15 is 0 Å². The number of nitrogens with one attached hydrogen (secondary N) is 1.